The Kier molecular flexibility index (Phi) is 24.0. The van der Waals surface area contributed by atoms with Gasteiger partial charge < -0.3 is 10.9 Å². The molecule has 0 aromatic heterocycles. The van der Waals surface area contributed by atoms with Gasteiger partial charge in [-0.25, -0.2) is 0 Å². The van der Waals surface area contributed by atoms with E-state index in [1.807, 2.05) is 0 Å². The quantitative estimate of drug-likeness (QED) is 0.209. The number of esters is 1. The Bertz CT molecular complexity index is 244. The van der Waals surface area contributed by atoms with Crippen LogP contribution in [0.1, 0.15) is 123 Å². The van der Waals surface area contributed by atoms with Crippen molar-refractivity contribution < 1.29 is 9.53 Å². The summed E-state index contributed by atoms with van der Waals surface area (Å²) in [5.41, 5.74) is 0. The Morgan fingerprint density at radius 1 is 0.583 bits per heavy atom. The van der Waals surface area contributed by atoms with Crippen LogP contribution in [0.25, 0.3) is 0 Å². The Labute approximate surface area is 151 Å². The van der Waals surface area contributed by atoms with Gasteiger partial charge in [-0.1, -0.05) is 104 Å². The van der Waals surface area contributed by atoms with E-state index < -0.39 is 0 Å². The van der Waals surface area contributed by atoms with E-state index in [1.165, 1.54) is 89.9 Å². The average molecular weight is 344 g/mol. The lowest BCUT2D eigenvalue weighted by molar-refractivity contribution is -0.143. The fraction of sp³-hybridized carbons (Fsp3) is 0.952. The Morgan fingerprint density at radius 2 is 0.958 bits per heavy atom. The fourth-order valence-electron chi connectivity index (χ4n) is 2.90. The Morgan fingerprint density at radius 3 is 1.42 bits per heavy atom. The molecule has 3 nitrogen and oxygen atoms in total. The summed E-state index contributed by atoms with van der Waals surface area (Å²) in [5.74, 6) is 0.0129. The number of carbonyl (C=O) groups is 1. The van der Waals surface area contributed by atoms with Gasteiger partial charge in [0, 0.05) is 6.42 Å². The van der Waals surface area contributed by atoms with E-state index in [0.29, 0.717) is 13.0 Å². The van der Waals surface area contributed by atoms with Gasteiger partial charge in [-0.2, -0.15) is 0 Å². The molecule has 0 atom stereocenters. The van der Waals surface area contributed by atoms with Crippen LogP contribution < -0.4 is 6.15 Å². The predicted molar refractivity (Wildman–Crippen MR) is 106 cm³/mol. The second-order valence-electron chi connectivity index (χ2n) is 6.92. The van der Waals surface area contributed by atoms with Gasteiger partial charge in [-0.3, -0.25) is 4.79 Å². The molecular formula is C21H45NO2. The number of hydrogen-bond donors (Lipinski definition) is 1. The van der Waals surface area contributed by atoms with Crippen molar-refractivity contribution in [1.29, 1.82) is 0 Å². The zero-order valence-electron chi connectivity index (χ0n) is 16.8. The summed E-state index contributed by atoms with van der Waals surface area (Å²) in [6, 6.07) is 0. The summed E-state index contributed by atoms with van der Waals surface area (Å²) < 4.78 is 5.30. The third-order valence-corrected chi connectivity index (χ3v) is 4.50. The van der Waals surface area contributed by atoms with Crippen LogP contribution in [-0.4, -0.2) is 12.6 Å². The molecule has 24 heavy (non-hydrogen) atoms. The van der Waals surface area contributed by atoms with Crippen molar-refractivity contribution in [3.05, 3.63) is 0 Å². The van der Waals surface area contributed by atoms with Crippen LogP contribution in [-0.2, 0) is 9.53 Å². The topological polar surface area (TPSA) is 61.3 Å². The standard InChI is InChI=1S/C21H42O2.H3N/c1-3-5-7-9-11-12-13-15-17-19-21(22)23-20-18-16-14-10-8-6-4-2;/h3-20H2,1-2H3;1H3. The van der Waals surface area contributed by atoms with Gasteiger partial charge in [0.05, 0.1) is 6.61 Å². The highest BCUT2D eigenvalue weighted by atomic mass is 16.5. The highest BCUT2D eigenvalue weighted by Crippen LogP contribution is 2.11. The summed E-state index contributed by atoms with van der Waals surface area (Å²) >= 11 is 0. The molecule has 146 valence electrons. The molecule has 0 spiro atoms. The lowest BCUT2D eigenvalue weighted by Crippen LogP contribution is -2.05. The summed E-state index contributed by atoms with van der Waals surface area (Å²) in [5, 5.41) is 0. The molecule has 0 aliphatic carbocycles. The van der Waals surface area contributed by atoms with Crippen molar-refractivity contribution in [1.82, 2.24) is 6.15 Å². The van der Waals surface area contributed by atoms with Crippen LogP contribution in [0.15, 0.2) is 0 Å². The van der Waals surface area contributed by atoms with Crippen molar-refractivity contribution in [2.75, 3.05) is 6.61 Å². The van der Waals surface area contributed by atoms with Crippen LogP contribution >= 0.6 is 0 Å². The van der Waals surface area contributed by atoms with Crippen LogP contribution in [0.3, 0.4) is 0 Å². The lowest BCUT2D eigenvalue weighted by Gasteiger charge is -2.05. The van der Waals surface area contributed by atoms with Crippen molar-refractivity contribution >= 4 is 5.97 Å². The second-order valence-corrected chi connectivity index (χ2v) is 6.92. The molecular weight excluding hydrogens is 298 g/mol. The first-order chi connectivity index (χ1) is 11.3. The van der Waals surface area contributed by atoms with Crippen LogP contribution in [0.4, 0.5) is 0 Å². The molecule has 0 unspecified atom stereocenters. The molecule has 0 bridgehead atoms. The molecule has 0 aromatic rings. The monoisotopic (exact) mass is 343 g/mol. The normalized spacial score (nSPS) is 10.4. The van der Waals surface area contributed by atoms with E-state index in [9.17, 15) is 4.79 Å². The first-order valence-corrected chi connectivity index (χ1v) is 10.5. The number of rotatable bonds is 18. The third kappa shape index (κ3) is 21.4. The molecule has 0 radical (unpaired) electrons. The van der Waals surface area contributed by atoms with E-state index in [-0.39, 0.29) is 12.1 Å². The van der Waals surface area contributed by atoms with Gasteiger partial charge in [0.25, 0.3) is 0 Å². The lowest BCUT2D eigenvalue weighted by atomic mass is 10.1. The largest absolute Gasteiger partial charge is 0.466 e. The van der Waals surface area contributed by atoms with Crippen molar-refractivity contribution in [2.24, 2.45) is 0 Å². The molecule has 0 fully saturated rings. The minimum atomic E-state index is 0. The van der Waals surface area contributed by atoms with Crippen molar-refractivity contribution in [3.63, 3.8) is 0 Å². The molecule has 3 N–H and O–H groups in total. The SMILES string of the molecule is CCCCCCCCCCCC(=O)OCCCCCCCCC.N. The molecule has 0 heterocycles. The van der Waals surface area contributed by atoms with E-state index in [1.54, 1.807) is 0 Å². The van der Waals surface area contributed by atoms with Gasteiger partial charge >= 0.3 is 5.97 Å². The molecule has 0 saturated heterocycles. The highest BCUT2D eigenvalue weighted by Gasteiger charge is 2.02. The number of carbonyl (C=O) groups excluding carboxylic acids is 1. The van der Waals surface area contributed by atoms with Crippen molar-refractivity contribution in [2.45, 2.75) is 123 Å². The van der Waals surface area contributed by atoms with Gasteiger partial charge in [0.15, 0.2) is 0 Å². The Balaban J connectivity index is 0. The zero-order valence-corrected chi connectivity index (χ0v) is 16.8. The number of unbranched alkanes of at least 4 members (excludes halogenated alkanes) is 14. The molecule has 3 heteroatoms. The average Bonchev–Trinajstić information content (AvgIpc) is 2.56. The molecule has 0 aromatic carbocycles. The second kappa shape index (κ2) is 22.4. The van der Waals surface area contributed by atoms with E-state index in [4.69, 9.17) is 4.74 Å². The highest BCUT2D eigenvalue weighted by molar-refractivity contribution is 5.69. The number of hydrogen-bond acceptors (Lipinski definition) is 3. The maximum Gasteiger partial charge on any atom is 0.305 e. The summed E-state index contributed by atoms with van der Waals surface area (Å²) in [6.07, 6.45) is 21.1. The molecule has 0 aliphatic rings. The minimum Gasteiger partial charge on any atom is -0.466 e. The van der Waals surface area contributed by atoms with Gasteiger partial charge in [-0.05, 0) is 12.8 Å². The first-order valence-electron chi connectivity index (χ1n) is 10.5. The Hall–Kier alpha value is -0.570. The van der Waals surface area contributed by atoms with Gasteiger partial charge in [0.1, 0.15) is 0 Å². The molecule has 0 aliphatic heterocycles. The molecule has 0 saturated carbocycles. The fourth-order valence-corrected chi connectivity index (χ4v) is 2.90. The first kappa shape index (κ1) is 25.7. The smallest absolute Gasteiger partial charge is 0.305 e. The number of ether oxygens (including phenoxy) is 1. The molecule has 0 amide bonds. The van der Waals surface area contributed by atoms with E-state index in [0.717, 1.165) is 12.8 Å². The van der Waals surface area contributed by atoms with Crippen LogP contribution in [0.5, 0.6) is 0 Å². The third-order valence-electron chi connectivity index (χ3n) is 4.50. The predicted octanol–water partition coefficient (Wildman–Crippen LogP) is 7.36. The van der Waals surface area contributed by atoms with Gasteiger partial charge in [-0.15, -0.1) is 0 Å². The minimum absolute atomic E-state index is 0. The molecule has 0 rings (SSSR count). The maximum absolute atomic E-state index is 11.6. The van der Waals surface area contributed by atoms with E-state index in [2.05, 4.69) is 13.8 Å². The van der Waals surface area contributed by atoms with E-state index >= 15 is 0 Å². The summed E-state index contributed by atoms with van der Waals surface area (Å²) in [4.78, 5) is 11.6. The van der Waals surface area contributed by atoms with Crippen molar-refractivity contribution in [3.8, 4) is 0 Å². The van der Waals surface area contributed by atoms with Crippen LogP contribution in [0, 0.1) is 0 Å². The maximum atomic E-state index is 11.6. The van der Waals surface area contributed by atoms with Gasteiger partial charge in [0.2, 0.25) is 0 Å². The summed E-state index contributed by atoms with van der Waals surface area (Å²) in [7, 11) is 0. The van der Waals surface area contributed by atoms with Crippen LogP contribution in [0.2, 0.25) is 0 Å². The summed E-state index contributed by atoms with van der Waals surface area (Å²) in [6.45, 7) is 5.13. The zero-order chi connectivity index (χ0) is 17.0.